The Balaban J connectivity index is 1.80. The molecule has 0 unspecified atom stereocenters. The van der Waals surface area contributed by atoms with Crippen molar-refractivity contribution in [3.8, 4) is 11.4 Å². The predicted molar refractivity (Wildman–Crippen MR) is 98.4 cm³/mol. The van der Waals surface area contributed by atoms with Gasteiger partial charge in [0.2, 0.25) is 0 Å². The first kappa shape index (κ1) is 16.1. The van der Waals surface area contributed by atoms with E-state index < -0.39 is 0 Å². The number of H-pyrrole nitrogens is 2. The minimum atomic E-state index is 0.511. The lowest BCUT2D eigenvalue weighted by Crippen LogP contribution is -2.07. The lowest BCUT2D eigenvalue weighted by atomic mass is 9.97. The Hall–Kier alpha value is -1.77. The van der Waals surface area contributed by atoms with Gasteiger partial charge in [-0.25, -0.2) is 0 Å². The van der Waals surface area contributed by atoms with E-state index in [4.69, 9.17) is 4.99 Å². The molecular weight excluding hydrogens is 282 g/mol. The van der Waals surface area contributed by atoms with Crippen LogP contribution in [0.2, 0.25) is 0 Å². The molecule has 0 amide bonds. The molecule has 2 aromatic rings. The molecule has 0 spiro atoms. The molecule has 1 aliphatic carbocycles. The van der Waals surface area contributed by atoms with Crippen molar-refractivity contribution in [3.05, 3.63) is 35.2 Å². The third-order valence-electron chi connectivity index (χ3n) is 5.13. The van der Waals surface area contributed by atoms with Crippen molar-refractivity contribution in [2.24, 2.45) is 4.99 Å². The first-order valence-corrected chi connectivity index (χ1v) is 9.18. The smallest absolute Gasteiger partial charge is 0.0659 e. The van der Waals surface area contributed by atoms with Gasteiger partial charge < -0.3 is 9.97 Å². The zero-order chi connectivity index (χ0) is 16.1. The number of nitrogens with zero attached hydrogens (tertiary/aromatic N) is 1. The lowest BCUT2D eigenvalue weighted by Gasteiger charge is -2.15. The maximum absolute atomic E-state index is 4.92. The summed E-state index contributed by atoms with van der Waals surface area (Å²) in [5, 5.41) is 0. The number of aromatic nitrogens is 2. The molecule has 2 N–H and O–H groups in total. The average molecular weight is 311 g/mol. The van der Waals surface area contributed by atoms with E-state index in [0.29, 0.717) is 6.04 Å². The van der Waals surface area contributed by atoms with Crippen LogP contribution in [0, 0.1) is 6.92 Å². The van der Waals surface area contributed by atoms with Crippen molar-refractivity contribution in [1.82, 2.24) is 9.97 Å². The molecule has 2 heterocycles. The SMILES string of the molecule is CCc1c(-c2ccc[nH]2)[nH]c(C=NC2CCCCCCC2)c1C. The Bertz CT molecular complexity index is 626. The maximum atomic E-state index is 4.92. The van der Waals surface area contributed by atoms with Crippen molar-refractivity contribution in [3.63, 3.8) is 0 Å². The summed E-state index contributed by atoms with van der Waals surface area (Å²) in [5.41, 5.74) is 6.29. The third-order valence-corrected chi connectivity index (χ3v) is 5.13. The highest BCUT2D eigenvalue weighted by atomic mass is 14.8. The zero-order valence-electron chi connectivity index (χ0n) is 14.5. The molecule has 3 rings (SSSR count). The van der Waals surface area contributed by atoms with E-state index in [1.54, 1.807) is 0 Å². The molecule has 3 nitrogen and oxygen atoms in total. The van der Waals surface area contributed by atoms with Crippen LogP contribution in [-0.2, 0) is 6.42 Å². The largest absolute Gasteiger partial charge is 0.360 e. The maximum Gasteiger partial charge on any atom is 0.0659 e. The van der Waals surface area contributed by atoms with Crippen molar-refractivity contribution >= 4 is 6.21 Å². The number of hydrogen-bond donors (Lipinski definition) is 2. The van der Waals surface area contributed by atoms with E-state index in [0.717, 1.165) is 12.1 Å². The first-order chi connectivity index (χ1) is 11.3. The van der Waals surface area contributed by atoms with Gasteiger partial charge in [0, 0.05) is 12.4 Å². The van der Waals surface area contributed by atoms with Gasteiger partial charge in [-0.3, -0.25) is 4.99 Å². The number of aliphatic imine (C=N–C) groups is 1. The Labute approximate surface area is 139 Å². The summed E-state index contributed by atoms with van der Waals surface area (Å²) in [6.07, 6.45) is 14.4. The molecule has 1 saturated carbocycles. The summed E-state index contributed by atoms with van der Waals surface area (Å²) in [6, 6.07) is 4.69. The molecule has 23 heavy (non-hydrogen) atoms. The normalized spacial score (nSPS) is 17.5. The molecule has 2 aromatic heterocycles. The van der Waals surface area contributed by atoms with Crippen LogP contribution < -0.4 is 0 Å². The molecule has 3 heteroatoms. The molecule has 1 fully saturated rings. The van der Waals surface area contributed by atoms with E-state index in [-0.39, 0.29) is 0 Å². The third kappa shape index (κ3) is 3.77. The summed E-state index contributed by atoms with van der Waals surface area (Å²) < 4.78 is 0. The summed E-state index contributed by atoms with van der Waals surface area (Å²) in [7, 11) is 0. The van der Waals surface area contributed by atoms with Crippen LogP contribution in [0.5, 0.6) is 0 Å². The molecular formula is C20H29N3. The zero-order valence-corrected chi connectivity index (χ0v) is 14.5. The van der Waals surface area contributed by atoms with E-state index in [1.165, 1.54) is 67.5 Å². The summed E-state index contributed by atoms with van der Waals surface area (Å²) >= 11 is 0. The lowest BCUT2D eigenvalue weighted by molar-refractivity contribution is 0.456. The Morgan fingerprint density at radius 1 is 1.17 bits per heavy atom. The van der Waals surface area contributed by atoms with E-state index in [9.17, 15) is 0 Å². The van der Waals surface area contributed by atoms with Crippen molar-refractivity contribution in [1.29, 1.82) is 0 Å². The molecule has 0 saturated heterocycles. The van der Waals surface area contributed by atoms with Gasteiger partial charge >= 0.3 is 0 Å². The van der Waals surface area contributed by atoms with Gasteiger partial charge in [0.05, 0.1) is 23.1 Å². The topological polar surface area (TPSA) is 43.9 Å². The molecule has 0 atom stereocenters. The minimum absolute atomic E-state index is 0.511. The van der Waals surface area contributed by atoms with Gasteiger partial charge in [-0.1, -0.05) is 39.0 Å². The quantitative estimate of drug-likeness (QED) is 0.709. The molecule has 0 bridgehead atoms. The fourth-order valence-electron chi connectivity index (χ4n) is 3.70. The Kier molecular flexibility index (Phi) is 5.37. The number of hydrogen-bond acceptors (Lipinski definition) is 1. The fraction of sp³-hybridized carbons (Fsp3) is 0.550. The van der Waals surface area contributed by atoms with Gasteiger partial charge in [-0.2, -0.15) is 0 Å². The van der Waals surface area contributed by atoms with E-state index in [2.05, 4.69) is 36.1 Å². The molecule has 1 aliphatic rings. The molecule has 0 aromatic carbocycles. The highest BCUT2D eigenvalue weighted by molar-refractivity contribution is 5.83. The minimum Gasteiger partial charge on any atom is -0.360 e. The van der Waals surface area contributed by atoms with Gasteiger partial charge in [0.25, 0.3) is 0 Å². The summed E-state index contributed by atoms with van der Waals surface area (Å²) in [4.78, 5) is 11.8. The molecule has 0 aliphatic heterocycles. The van der Waals surface area contributed by atoms with Gasteiger partial charge in [0.1, 0.15) is 0 Å². The Morgan fingerprint density at radius 2 is 1.91 bits per heavy atom. The monoisotopic (exact) mass is 311 g/mol. The number of nitrogens with one attached hydrogen (secondary N) is 2. The van der Waals surface area contributed by atoms with Gasteiger partial charge in [-0.15, -0.1) is 0 Å². The summed E-state index contributed by atoms with van der Waals surface area (Å²) in [5.74, 6) is 0. The van der Waals surface area contributed by atoms with Crippen LogP contribution in [0.25, 0.3) is 11.4 Å². The standard InChI is InChI=1S/C20H29N3/c1-3-17-15(2)19(23-20(17)18-12-9-13-21-18)14-22-16-10-7-5-4-6-8-11-16/h9,12-14,16,21,23H,3-8,10-11H2,1-2H3. The van der Waals surface area contributed by atoms with Crippen LogP contribution >= 0.6 is 0 Å². The first-order valence-electron chi connectivity index (χ1n) is 9.18. The second-order valence-corrected chi connectivity index (χ2v) is 6.73. The number of rotatable bonds is 4. The summed E-state index contributed by atoms with van der Waals surface area (Å²) in [6.45, 7) is 4.43. The predicted octanol–water partition coefficient (Wildman–Crippen LogP) is 5.41. The highest BCUT2D eigenvalue weighted by Crippen LogP contribution is 2.27. The van der Waals surface area contributed by atoms with Crippen LogP contribution in [-0.4, -0.2) is 22.2 Å². The van der Waals surface area contributed by atoms with E-state index in [1.807, 2.05) is 12.3 Å². The van der Waals surface area contributed by atoms with Crippen LogP contribution in [0.1, 0.15) is 68.7 Å². The van der Waals surface area contributed by atoms with E-state index >= 15 is 0 Å². The van der Waals surface area contributed by atoms with Crippen LogP contribution in [0.4, 0.5) is 0 Å². The van der Waals surface area contributed by atoms with Crippen molar-refractivity contribution in [2.45, 2.75) is 71.3 Å². The fourth-order valence-corrected chi connectivity index (χ4v) is 3.70. The number of aromatic amines is 2. The molecule has 0 radical (unpaired) electrons. The average Bonchev–Trinajstić information content (AvgIpc) is 3.14. The van der Waals surface area contributed by atoms with Crippen LogP contribution in [0.15, 0.2) is 23.3 Å². The van der Waals surface area contributed by atoms with Gasteiger partial charge in [0.15, 0.2) is 0 Å². The van der Waals surface area contributed by atoms with Crippen molar-refractivity contribution < 1.29 is 0 Å². The van der Waals surface area contributed by atoms with Crippen molar-refractivity contribution in [2.75, 3.05) is 0 Å². The van der Waals surface area contributed by atoms with Gasteiger partial charge in [-0.05, 0) is 49.4 Å². The van der Waals surface area contributed by atoms with Crippen LogP contribution in [0.3, 0.4) is 0 Å². The highest BCUT2D eigenvalue weighted by Gasteiger charge is 2.14. The second-order valence-electron chi connectivity index (χ2n) is 6.73. The molecule has 124 valence electrons. The Morgan fingerprint density at radius 3 is 2.57 bits per heavy atom. The second kappa shape index (κ2) is 7.67.